The number of urea groups is 1. The van der Waals surface area contributed by atoms with E-state index in [1.807, 2.05) is 12.2 Å². The van der Waals surface area contributed by atoms with E-state index in [-0.39, 0.29) is 24.6 Å². The van der Waals surface area contributed by atoms with Gasteiger partial charge in [0.1, 0.15) is 0 Å². The van der Waals surface area contributed by atoms with Crippen LogP contribution in [0.5, 0.6) is 0 Å². The molecule has 4 heteroatoms. The fourth-order valence-corrected chi connectivity index (χ4v) is 2.51. The lowest BCUT2D eigenvalue weighted by Crippen LogP contribution is -2.42. The van der Waals surface area contributed by atoms with Crippen molar-refractivity contribution >= 4 is 6.03 Å². The molecular formula is C13H22N2O2. The Balaban J connectivity index is 1.64. The summed E-state index contributed by atoms with van der Waals surface area (Å²) in [6.45, 7) is 2.34. The summed E-state index contributed by atoms with van der Waals surface area (Å²) in [4.78, 5) is 11.7. The molecule has 1 saturated carbocycles. The zero-order valence-electron chi connectivity index (χ0n) is 10.4. The third kappa shape index (κ3) is 3.46. The molecule has 96 valence electrons. The quantitative estimate of drug-likeness (QED) is 0.634. The number of aliphatic hydroxyl groups is 1. The fraction of sp³-hybridized carbons (Fsp3) is 0.769. The van der Waals surface area contributed by atoms with E-state index >= 15 is 0 Å². The number of nitrogens with one attached hydrogen (secondary N) is 2. The maximum atomic E-state index is 11.7. The van der Waals surface area contributed by atoms with Gasteiger partial charge in [0.25, 0.3) is 0 Å². The Bertz CT molecular complexity index is 304. The molecule has 2 amide bonds. The van der Waals surface area contributed by atoms with Crippen LogP contribution in [0.3, 0.4) is 0 Å². The van der Waals surface area contributed by atoms with Gasteiger partial charge in [-0.25, -0.2) is 4.79 Å². The number of aliphatic hydroxyl groups excluding tert-OH is 1. The topological polar surface area (TPSA) is 61.4 Å². The Morgan fingerprint density at radius 1 is 1.35 bits per heavy atom. The van der Waals surface area contributed by atoms with Crippen LogP contribution >= 0.6 is 0 Å². The van der Waals surface area contributed by atoms with E-state index in [1.54, 1.807) is 0 Å². The van der Waals surface area contributed by atoms with E-state index in [0.29, 0.717) is 12.0 Å². The van der Waals surface area contributed by atoms with Crippen molar-refractivity contribution in [1.29, 1.82) is 0 Å². The van der Waals surface area contributed by atoms with E-state index in [1.165, 1.54) is 12.8 Å². The summed E-state index contributed by atoms with van der Waals surface area (Å²) in [6.07, 6.45) is 8.28. The first-order valence-corrected chi connectivity index (χ1v) is 6.59. The second kappa shape index (κ2) is 5.54. The normalized spacial score (nSPS) is 34.7. The summed E-state index contributed by atoms with van der Waals surface area (Å²) in [5, 5.41) is 14.9. The number of hydrogen-bond acceptors (Lipinski definition) is 2. The van der Waals surface area contributed by atoms with Gasteiger partial charge in [0.2, 0.25) is 0 Å². The highest BCUT2D eigenvalue weighted by molar-refractivity contribution is 5.75. The molecule has 0 aromatic heterocycles. The SMILES string of the molecule is CCCC1CC1NC(=O)N[C@@H]1C=C[C@H](CO)C1. The maximum Gasteiger partial charge on any atom is 0.315 e. The standard InChI is InChI=1S/C13H22N2O2/c1-2-3-10-7-12(10)15-13(17)14-11-5-4-9(6-11)8-16/h4-5,9-12,16H,2-3,6-8H2,1H3,(H2,14,15,17)/t9-,10?,11+,12?/m0/s1. The molecule has 2 rings (SSSR count). The number of amides is 2. The third-order valence-corrected chi connectivity index (χ3v) is 3.62. The van der Waals surface area contributed by atoms with Crippen molar-refractivity contribution in [1.82, 2.24) is 10.6 Å². The van der Waals surface area contributed by atoms with Crippen molar-refractivity contribution < 1.29 is 9.90 Å². The van der Waals surface area contributed by atoms with Crippen LogP contribution in [0.4, 0.5) is 4.79 Å². The van der Waals surface area contributed by atoms with Gasteiger partial charge < -0.3 is 15.7 Å². The van der Waals surface area contributed by atoms with Crippen LogP contribution in [0.15, 0.2) is 12.2 Å². The number of carbonyl (C=O) groups excluding carboxylic acids is 1. The molecule has 3 N–H and O–H groups in total. The van der Waals surface area contributed by atoms with Gasteiger partial charge in [-0.2, -0.15) is 0 Å². The molecule has 0 radical (unpaired) electrons. The second-order valence-corrected chi connectivity index (χ2v) is 5.18. The Kier molecular flexibility index (Phi) is 4.05. The molecule has 1 fully saturated rings. The predicted molar refractivity (Wildman–Crippen MR) is 66.6 cm³/mol. The number of rotatable bonds is 5. The Morgan fingerprint density at radius 3 is 2.82 bits per heavy atom. The summed E-state index contributed by atoms with van der Waals surface area (Å²) >= 11 is 0. The molecule has 2 aliphatic rings. The van der Waals surface area contributed by atoms with Crippen LogP contribution in [0, 0.1) is 11.8 Å². The van der Waals surface area contributed by atoms with Crippen molar-refractivity contribution in [3.63, 3.8) is 0 Å². The van der Waals surface area contributed by atoms with Crippen LogP contribution in [-0.4, -0.2) is 29.8 Å². The first kappa shape index (κ1) is 12.4. The highest BCUT2D eigenvalue weighted by atomic mass is 16.3. The van der Waals surface area contributed by atoms with Gasteiger partial charge in [0, 0.05) is 24.6 Å². The van der Waals surface area contributed by atoms with Crippen LogP contribution in [0.25, 0.3) is 0 Å². The first-order chi connectivity index (χ1) is 8.22. The molecular weight excluding hydrogens is 216 g/mol. The molecule has 0 spiro atoms. The molecule has 17 heavy (non-hydrogen) atoms. The first-order valence-electron chi connectivity index (χ1n) is 6.59. The zero-order chi connectivity index (χ0) is 12.3. The average molecular weight is 238 g/mol. The van der Waals surface area contributed by atoms with Gasteiger partial charge in [-0.3, -0.25) is 0 Å². The lowest BCUT2D eigenvalue weighted by atomic mass is 10.1. The van der Waals surface area contributed by atoms with E-state index in [4.69, 9.17) is 5.11 Å². The average Bonchev–Trinajstić information content (AvgIpc) is 2.86. The summed E-state index contributed by atoms with van der Waals surface area (Å²) in [5.41, 5.74) is 0. The van der Waals surface area contributed by atoms with Crippen LogP contribution in [0.1, 0.15) is 32.6 Å². The lowest BCUT2D eigenvalue weighted by Gasteiger charge is -2.13. The zero-order valence-corrected chi connectivity index (χ0v) is 10.4. The minimum atomic E-state index is -0.0677. The molecule has 0 aliphatic heterocycles. The van der Waals surface area contributed by atoms with Crippen LogP contribution in [0.2, 0.25) is 0 Å². The smallest absolute Gasteiger partial charge is 0.315 e. The minimum absolute atomic E-state index is 0.0677. The molecule has 2 unspecified atom stereocenters. The van der Waals surface area contributed by atoms with Gasteiger partial charge in [-0.1, -0.05) is 25.5 Å². The predicted octanol–water partition coefficient (Wildman–Crippen LogP) is 1.41. The highest BCUT2D eigenvalue weighted by Crippen LogP contribution is 2.34. The van der Waals surface area contributed by atoms with Gasteiger partial charge in [0.15, 0.2) is 0 Å². The fourth-order valence-electron chi connectivity index (χ4n) is 2.51. The molecule has 0 heterocycles. The van der Waals surface area contributed by atoms with Crippen molar-refractivity contribution in [3.8, 4) is 0 Å². The van der Waals surface area contributed by atoms with Crippen molar-refractivity contribution in [2.75, 3.05) is 6.61 Å². The Labute approximate surface area is 102 Å². The monoisotopic (exact) mass is 238 g/mol. The van der Waals surface area contributed by atoms with Gasteiger partial charge >= 0.3 is 6.03 Å². The molecule has 0 aromatic rings. The molecule has 0 aromatic carbocycles. The van der Waals surface area contributed by atoms with E-state index in [0.717, 1.165) is 12.8 Å². The minimum Gasteiger partial charge on any atom is -0.396 e. The highest BCUT2D eigenvalue weighted by Gasteiger charge is 2.37. The number of carbonyl (C=O) groups is 1. The largest absolute Gasteiger partial charge is 0.396 e. The summed E-state index contributed by atoms with van der Waals surface area (Å²) in [7, 11) is 0. The molecule has 0 saturated heterocycles. The van der Waals surface area contributed by atoms with Crippen LogP contribution < -0.4 is 10.6 Å². The summed E-state index contributed by atoms with van der Waals surface area (Å²) in [5.74, 6) is 0.893. The van der Waals surface area contributed by atoms with Gasteiger partial charge in [-0.15, -0.1) is 0 Å². The van der Waals surface area contributed by atoms with Crippen molar-refractivity contribution in [2.45, 2.75) is 44.7 Å². The maximum absolute atomic E-state index is 11.7. The third-order valence-electron chi connectivity index (χ3n) is 3.62. The molecule has 0 bridgehead atoms. The molecule has 4 nitrogen and oxygen atoms in total. The lowest BCUT2D eigenvalue weighted by molar-refractivity contribution is 0.230. The van der Waals surface area contributed by atoms with Crippen molar-refractivity contribution in [2.24, 2.45) is 11.8 Å². The van der Waals surface area contributed by atoms with E-state index in [2.05, 4.69) is 17.6 Å². The Morgan fingerprint density at radius 2 is 2.18 bits per heavy atom. The van der Waals surface area contributed by atoms with E-state index < -0.39 is 0 Å². The van der Waals surface area contributed by atoms with Gasteiger partial charge in [-0.05, 0) is 25.2 Å². The van der Waals surface area contributed by atoms with E-state index in [9.17, 15) is 4.79 Å². The Hall–Kier alpha value is -1.03. The summed E-state index contributed by atoms with van der Waals surface area (Å²) < 4.78 is 0. The second-order valence-electron chi connectivity index (χ2n) is 5.18. The molecule has 2 aliphatic carbocycles. The van der Waals surface area contributed by atoms with Crippen LogP contribution in [-0.2, 0) is 0 Å². The number of hydrogen-bond donors (Lipinski definition) is 3. The molecule has 4 atom stereocenters. The van der Waals surface area contributed by atoms with Crippen molar-refractivity contribution in [3.05, 3.63) is 12.2 Å². The summed E-state index contributed by atoms with van der Waals surface area (Å²) in [6, 6.07) is 0.395. The van der Waals surface area contributed by atoms with Gasteiger partial charge in [0.05, 0.1) is 0 Å².